The summed E-state index contributed by atoms with van der Waals surface area (Å²) in [7, 11) is 0. The number of carboxylic acids is 2. The number of quaternary nitrogens is 1. The molecule has 2 atom stereocenters. The minimum atomic E-state index is -1.51. The van der Waals surface area contributed by atoms with Gasteiger partial charge in [0.25, 0.3) is 0 Å². The average molecular weight is 528 g/mol. The third-order valence-corrected chi connectivity index (χ3v) is 6.42. The molecule has 1 aliphatic carbocycles. The number of aliphatic carboxylic acids is 2. The molecule has 4 rings (SSSR count). The van der Waals surface area contributed by atoms with E-state index in [0.717, 1.165) is 24.1 Å². The maximum atomic E-state index is 10.7. The summed E-state index contributed by atoms with van der Waals surface area (Å²) in [6.45, 7) is 4.78. The van der Waals surface area contributed by atoms with E-state index >= 15 is 0 Å². The number of carboxylic acid groups (broad SMARTS) is 2. The van der Waals surface area contributed by atoms with Crippen LogP contribution in [0.15, 0.2) is 85.0 Å². The topological polar surface area (TPSA) is 134 Å². The molecule has 0 saturated heterocycles. The standard InChI is InChI=1S/C28H29NO2.C4H4O4/c1-19-18-23(15-16-27(19)30)28(31)20(2)29-17-7-12-26-24-10-5-3-8-21(24)13-14-22-9-4-6-11-25(22)26;5-3(6)1-2-4(7)8/h3-6,8-16,18,20,28-31H,7,17H2,1-2H3;1-2H,(H,5,6)(H,7,8)/b;2-1+. The number of hydrogen-bond donors (Lipinski definition) is 4. The molecule has 3 aromatic carbocycles. The minimum absolute atomic E-state index is 0.0257. The molecule has 0 spiro atoms. The Labute approximate surface area is 228 Å². The van der Waals surface area contributed by atoms with Crippen LogP contribution in [0, 0.1) is 6.92 Å². The molecular weight excluding hydrogens is 494 g/mol. The molecule has 2 unspecified atom stereocenters. The maximum absolute atomic E-state index is 10.7. The highest BCUT2D eigenvalue weighted by Crippen LogP contribution is 2.33. The number of rotatable bonds is 8. The Hall–Kier alpha value is -4.46. The first kappa shape index (κ1) is 29.1. The van der Waals surface area contributed by atoms with Crippen molar-refractivity contribution < 1.29 is 35.3 Å². The summed E-state index contributed by atoms with van der Waals surface area (Å²) in [6, 6.07) is 22.4. The summed E-state index contributed by atoms with van der Waals surface area (Å²) >= 11 is 0. The van der Waals surface area contributed by atoms with Crippen molar-refractivity contribution in [1.82, 2.24) is 0 Å². The van der Waals surface area contributed by atoms with Crippen LogP contribution in [-0.4, -0.2) is 39.8 Å². The fourth-order valence-electron chi connectivity index (χ4n) is 4.34. The van der Waals surface area contributed by atoms with Crippen molar-refractivity contribution in [3.8, 4) is 5.75 Å². The lowest BCUT2D eigenvalue weighted by Gasteiger charge is -2.18. The molecular formula is C32H33NO6. The average Bonchev–Trinajstić information content (AvgIpc) is 3.08. The number of fused-ring (bicyclic) bond motifs is 2. The number of aliphatic hydroxyl groups is 1. The lowest BCUT2D eigenvalue weighted by atomic mass is 9.93. The molecule has 0 fully saturated rings. The van der Waals surface area contributed by atoms with Gasteiger partial charge in [-0.15, -0.1) is 0 Å². The molecule has 0 bridgehead atoms. The first-order chi connectivity index (χ1) is 18.7. The van der Waals surface area contributed by atoms with Gasteiger partial charge in [-0.2, -0.15) is 0 Å². The van der Waals surface area contributed by atoms with Crippen LogP contribution >= 0.6 is 0 Å². The zero-order valence-electron chi connectivity index (χ0n) is 22.0. The Balaban J connectivity index is 0.000000459. The minimum Gasteiger partial charge on any atom is -0.545 e. The number of carbonyl (C=O) groups excluding carboxylic acids is 1. The molecule has 39 heavy (non-hydrogen) atoms. The van der Waals surface area contributed by atoms with E-state index < -0.39 is 18.0 Å². The van der Waals surface area contributed by atoms with Crippen molar-refractivity contribution in [2.24, 2.45) is 0 Å². The van der Waals surface area contributed by atoms with E-state index in [1.54, 1.807) is 12.1 Å². The van der Waals surface area contributed by atoms with Crippen LogP contribution in [0.4, 0.5) is 0 Å². The summed E-state index contributed by atoms with van der Waals surface area (Å²) in [5, 5.41) is 39.9. The highest BCUT2D eigenvalue weighted by atomic mass is 16.4. The SMILES string of the molecule is Cc1cc(C(O)C(C)[NH2+]CCC=C2c3ccccc3C=Cc3ccccc32)ccc1O.O=C([O-])/C=C/C(=O)O. The summed E-state index contributed by atoms with van der Waals surface area (Å²) in [5.74, 6) is -2.54. The van der Waals surface area contributed by atoms with Gasteiger partial charge >= 0.3 is 5.97 Å². The summed E-state index contributed by atoms with van der Waals surface area (Å²) in [4.78, 5) is 19.0. The van der Waals surface area contributed by atoms with E-state index in [9.17, 15) is 24.9 Å². The van der Waals surface area contributed by atoms with Gasteiger partial charge in [-0.05, 0) is 71.0 Å². The fraction of sp³-hybridized carbons (Fsp3) is 0.188. The number of aromatic hydroxyl groups is 1. The van der Waals surface area contributed by atoms with Gasteiger partial charge in [0.1, 0.15) is 17.9 Å². The Morgan fingerprint density at radius 1 is 0.949 bits per heavy atom. The predicted molar refractivity (Wildman–Crippen MR) is 149 cm³/mol. The van der Waals surface area contributed by atoms with Crippen molar-refractivity contribution in [1.29, 1.82) is 0 Å². The van der Waals surface area contributed by atoms with Crippen LogP contribution in [-0.2, 0) is 9.59 Å². The van der Waals surface area contributed by atoms with Crippen molar-refractivity contribution >= 4 is 29.7 Å². The molecule has 0 heterocycles. The first-order valence-corrected chi connectivity index (χ1v) is 12.7. The monoisotopic (exact) mass is 527 g/mol. The van der Waals surface area contributed by atoms with E-state index in [4.69, 9.17) is 5.11 Å². The number of carbonyl (C=O) groups is 2. The third kappa shape index (κ3) is 8.26. The van der Waals surface area contributed by atoms with Gasteiger partial charge in [-0.3, -0.25) is 0 Å². The van der Waals surface area contributed by atoms with Gasteiger partial charge in [-0.1, -0.05) is 72.8 Å². The van der Waals surface area contributed by atoms with Gasteiger partial charge in [0.2, 0.25) is 0 Å². The van der Waals surface area contributed by atoms with E-state index in [-0.39, 0.29) is 11.8 Å². The van der Waals surface area contributed by atoms with Gasteiger partial charge < -0.3 is 30.5 Å². The van der Waals surface area contributed by atoms with Crippen LogP contribution in [0.5, 0.6) is 5.75 Å². The Kier molecular flexibility index (Phi) is 10.4. The second-order valence-electron chi connectivity index (χ2n) is 9.28. The zero-order valence-corrected chi connectivity index (χ0v) is 22.0. The molecule has 7 heteroatoms. The van der Waals surface area contributed by atoms with E-state index in [1.807, 2.05) is 19.9 Å². The van der Waals surface area contributed by atoms with Crippen LogP contribution in [0.25, 0.3) is 17.7 Å². The highest BCUT2D eigenvalue weighted by Gasteiger charge is 2.20. The smallest absolute Gasteiger partial charge is 0.328 e. The zero-order chi connectivity index (χ0) is 28.4. The Morgan fingerprint density at radius 3 is 2.05 bits per heavy atom. The molecule has 1 aliphatic rings. The van der Waals surface area contributed by atoms with Crippen LogP contribution in [0.2, 0.25) is 0 Å². The Morgan fingerprint density at radius 2 is 1.54 bits per heavy atom. The highest BCUT2D eigenvalue weighted by molar-refractivity contribution is 5.93. The number of phenolic OH excluding ortho intramolecular Hbond substituents is 1. The van der Waals surface area contributed by atoms with Gasteiger partial charge in [-0.25, -0.2) is 4.79 Å². The van der Waals surface area contributed by atoms with Crippen molar-refractivity contribution in [3.63, 3.8) is 0 Å². The van der Waals surface area contributed by atoms with Crippen LogP contribution in [0.3, 0.4) is 0 Å². The number of aryl methyl sites for hydroxylation is 1. The molecule has 5 N–H and O–H groups in total. The molecule has 0 amide bonds. The van der Waals surface area contributed by atoms with Gasteiger partial charge in [0.05, 0.1) is 12.5 Å². The van der Waals surface area contributed by atoms with Crippen molar-refractivity contribution in [2.75, 3.05) is 6.54 Å². The Bertz CT molecular complexity index is 1340. The van der Waals surface area contributed by atoms with Gasteiger partial charge in [0, 0.05) is 12.5 Å². The predicted octanol–water partition coefficient (Wildman–Crippen LogP) is 3.07. The number of phenols is 1. The van der Waals surface area contributed by atoms with Crippen LogP contribution in [0.1, 0.15) is 52.8 Å². The van der Waals surface area contributed by atoms with Gasteiger partial charge in [0.15, 0.2) is 0 Å². The first-order valence-electron chi connectivity index (χ1n) is 12.7. The molecule has 202 valence electrons. The van der Waals surface area contributed by atoms with Crippen molar-refractivity contribution in [2.45, 2.75) is 32.4 Å². The van der Waals surface area contributed by atoms with E-state index in [1.165, 1.54) is 27.8 Å². The second kappa shape index (κ2) is 13.9. The summed E-state index contributed by atoms with van der Waals surface area (Å²) in [5.41, 5.74) is 7.89. The lowest BCUT2D eigenvalue weighted by molar-refractivity contribution is -0.693. The fourth-order valence-corrected chi connectivity index (χ4v) is 4.34. The molecule has 0 radical (unpaired) electrons. The summed E-state index contributed by atoms with van der Waals surface area (Å²) < 4.78 is 0. The maximum Gasteiger partial charge on any atom is 0.328 e. The molecule has 3 aromatic rings. The largest absolute Gasteiger partial charge is 0.545 e. The third-order valence-electron chi connectivity index (χ3n) is 6.42. The molecule has 0 aliphatic heterocycles. The van der Waals surface area contributed by atoms with Crippen LogP contribution < -0.4 is 10.4 Å². The molecule has 0 aromatic heterocycles. The lowest BCUT2D eigenvalue weighted by Crippen LogP contribution is -2.90. The van der Waals surface area contributed by atoms with Crippen molar-refractivity contribution in [3.05, 3.63) is 118 Å². The van der Waals surface area contributed by atoms with E-state index in [0.29, 0.717) is 12.2 Å². The number of benzene rings is 3. The number of nitrogens with two attached hydrogens (primary N) is 1. The number of hydrogen-bond acceptors (Lipinski definition) is 5. The second-order valence-corrected chi connectivity index (χ2v) is 9.28. The number of aliphatic hydroxyl groups excluding tert-OH is 1. The van der Waals surface area contributed by atoms with E-state index in [2.05, 4.69) is 72.1 Å². The molecule has 0 saturated carbocycles. The summed E-state index contributed by atoms with van der Waals surface area (Å²) in [6.07, 6.45) is 7.99. The molecule has 7 nitrogen and oxygen atoms in total. The quantitative estimate of drug-likeness (QED) is 0.206. The normalized spacial score (nSPS) is 13.4.